The van der Waals surface area contributed by atoms with Crippen molar-refractivity contribution in [3.8, 4) is 34.5 Å². The van der Waals surface area contributed by atoms with E-state index in [4.69, 9.17) is 57.3 Å². The molecule has 0 saturated carbocycles. The molecule has 18 nitrogen and oxygen atoms in total. The fourth-order valence-electron chi connectivity index (χ4n) is 7.72. The van der Waals surface area contributed by atoms with Gasteiger partial charge in [-0.3, -0.25) is 4.79 Å². The van der Waals surface area contributed by atoms with Crippen LogP contribution in [0.4, 0.5) is 0 Å². The molecule has 408 valence electrons. The van der Waals surface area contributed by atoms with E-state index in [1.807, 2.05) is 46.5 Å². The van der Waals surface area contributed by atoms with Crippen LogP contribution in [0.3, 0.4) is 0 Å². The zero-order valence-corrected chi connectivity index (χ0v) is 50.1. The van der Waals surface area contributed by atoms with Gasteiger partial charge in [-0.1, -0.05) is 24.3 Å². The van der Waals surface area contributed by atoms with Gasteiger partial charge < -0.3 is 57.6 Å². The summed E-state index contributed by atoms with van der Waals surface area (Å²) in [6.07, 6.45) is 0. The van der Waals surface area contributed by atoms with Crippen molar-refractivity contribution in [1.82, 2.24) is 0 Å². The van der Waals surface area contributed by atoms with E-state index in [9.17, 15) is 29.1 Å². The maximum absolute atomic E-state index is 13.1. The smallest absolute Gasteiger partial charge is 0.872 e. The maximum atomic E-state index is 13.1. The first-order valence-electron chi connectivity index (χ1n) is 23.4. The number of rotatable bonds is 26. The minimum absolute atomic E-state index is 0. The summed E-state index contributed by atoms with van der Waals surface area (Å²) in [6, 6.07) is 15.9. The first-order chi connectivity index (χ1) is 36.6. The van der Waals surface area contributed by atoms with Gasteiger partial charge in [0.2, 0.25) is 0 Å². The second kappa shape index (κ2) is 29.2. The Bertz CT molecular complexity index is 2900. The number of carbonyl (C=O) groups excluding carboxylic acids is 5. The van der Waals surface area contributed by atoms with Crippen LogP contribution in [0.15, 0.2) is 99.5 Å². The molecule has 0 amide bonds. The Balaban J connectivity index is 0.00000211. The summed E-state index contributed by atoms with van der Waals surface area (Å²) in [5, 5.41) is 31.8. The zero-order valence-electron chi connectivity index (χ0n) is 43.1. The molecule has 0 unspecified atom stereocenters. The second-order valence-corrected chi connectivity index (χ2v) is 25.6. The monoisotopic (exact) mass is 1180 g/mol. The molecular weight excluding hydrogens is 1130 g/mol. The molecule has 1 aliphatic rings. The van der Waals surface area contributed by atoms with Gasteiger partial charge in [0.05, 0.1) is 33.0 Å². The zero-order chi connectivity index (χ0) is 54.9. The average molecular weight is 1180 g/mol. The third-order valence-electron chi connectivity index (χ3n) is 10.5. The topological polar surface area (TPSA) is 238 Å². The Morgan fingerprint density at radius 3 is 1.12 bits per heavy atom. The number of allylic oxidation sites excluding steroid dienone is 2. The number of hydrogen-bond donors (Lipinski definition) is 2. The molecule has 1 N–H and O–H groups in total. The largest absolute Gasteiger partial charge is 1.00 e. The predicted molar refractivity (Wildman–Crippen MR) is 290 cm³/mol. The Morgan fingerprint density at radius 1 is 0.481 bits per heavy atom. The van der Waals surface area contributed by atoms with Gasteiger partial charge in [0.15, 0.2) is 33.0 Å². The molecule has 5 aromatic heterocycles. The van der Waals surface area contributed by atoms with Crippen molar-refractivity contribution in [1.29, 1.82) is 0 Å². The number of carboxylic acids is 1. The normalized spacial score (nSPS) is 13.4. The number of aliphatic carboxylic acids is 1. The summed E-state index contributed by atoms with van der Waals surface area (Å²) in [7, 11) is -4.62. The summed E-state index contributed by atoms with van der Waals surface area (Å²) in [5.41, 5.74) is 2.09. The van der Waals surface area contributed by atoms with Crippen molar-refractivity contribution < 1.29 is 116 Å². The minimum Gasteiger partial charge on any atom is -0.872 e. The molecule has 0 fully saturated rings. The van der Waals surface area contributed by atoms with E-state index < -0.39 is 45.0 Å². The van der Waals surface area contributed by atoms with Gasteiger partial charge in [0, 0.05) is 90.5 Å². The van der Waals surface area contributed by atoms with E-state index in [0.717, 1.165) is 34.9 Å². The summed E-state index contributed by atoms with van der Waals surface area (Å²) in [6.45, 7) is 8.68. The number of benzene rings is 1. The van der Waals surface area contributed by atoms with E-state index in [1.165, 1.54) is 68.8 Å². The van der Waals surface area contributed by atoms with Crippen molar-refractivity contribution in [3.63, 3.8) is 0 Å². The van der Waals surface area contributed by atoms with Crippen molar-refractivity contribution in [3.05, 3.63) is 102 Å². The Hall–Kier alpha value is -5.83. The number of carboxylic acid groups (broad SMARTS) is 1. The third-order valence-corrected chi connectivity index (χ3v) is 24.2. The van der Waals surface area contributed by atoms with Crippen molar-refractivity contribution in [2.24, 2.45) is 0 Å². The minimum atomic E-state index is -4.62. The molecule has 25 heteroatoms. The fourth-order valence-corrected chi connectivity index (χ4v) is 23.2. The number of esters is 5. The summed E-state index contributed by atoms with van der Waals surface area (Å²) >= 11 is 6.89. The van der Waals surface area contributed by atoms with Gasteiger partial charge in [-0.05, 0) is 57.7 Å². The second-order valence-electron chi connectivity index (χ2n) is 15.6. The van der Waals surface area contributed by atoms with E-state index in [0.29, 0.717) is 44.8 Å². The van der Waals surface area contributed by atoms with Gasteiger partial charge in [-0.25, -0.2) is 24.0 Å². The van der Waals surface area contributed by atoms with Gasteiger partial charge in [-0.15, -0.1) is 62.4 Å². The molecule has 6 heterocycles. The van der Waals surface area contributed by atoms with Crippen molar-refractivity contribution in [2.75, 3.05) is 66.1 Å². The molecule has 0 saturated heterocycles. The maximum Gasteiger partial charge on any atom is 1.00 e. The predicted octanol–water partition coefficient (Wildman–Crippen LogP) is 7.05. The van der Waals surface area contributed by atoms with Gasteiger partial charge in [0.1, 0.15) is 28.7 Å². The molecule has 1 aliphatic heterocycles. The Morgan fingerprint density at radius 2 is 0.779 bits per heavy atom. The van der Waals surface area contributed by atoms with Crippen LogP contribution in [0, 0.1) is 0 Å². The SMILES string of the molecule is CC(=O)O.CCOC(=O)COc1csc(C2=C[SH](c3cc(OCC(=O)OCC)cs3)(c3cc(OCC(=O)OCC)cs3)(c3cc(OCC(=O)OCC)cs3)C(c3ccc([O-])cc3)=C2c2cc(OCC(=O)OCC)cs2)c1.[Na+]. The van der Waals surface area contributed by atoms with Crippen LogP contribution in [0.25, 0.3) is 16.1 Å². The van der Waals surface area contributed by atoms with Crippen LogP contribution in [-0.2, 0) is 52.5 Å². The first-order valence-corrected chi connectivity index (χ1v) is 30.1. The standard InChI is InChI=1S/C50H52O16S6.C2H4O2.Na/c1-6-57-41(52)20-62-33-15-39(67-25-33)38-30-72(46-17-35(27-69-46)64-22-43(54)59-8-3,47-18-36(28-70-47)65-23-44(55)60-9-4,48-19-37(29-71-48)66-24-45(56)61-10-5)50(31-11-13-32(51)14-12-31)49(38)40-16-34(26-68-40)63-21-42(53)58-7-2;1-2(3)4;/h11-19,25-30,51,72H,6-10,20-24H2,1-5H3;1H3,(H,3,4);/q;;+1/p-1. The fraction of sp³-hybridized carbons (Fsp3) is 0.308. The molecule has 0 bridgehead atoms. The number of carbonyl (C=O) groups is 6. The number of hydrogen-bond acceptors (Lipinski definition) is 22. The molecule has 1 aromatic carbocycles. The summed E-state index contributed by atoms with van der Waals surface area (Å²) < 4.78 is 58.7. The summed E-state index contributed by atoms with van der Waals surface area (Å²) in [4.78, 5) is 74.4. The van der Waals surface area contributed by atoms with Crippen LogP contribution in [0.2, 0.25) is 0 Å². The molecule has 77 heavy (non-hydrogen) atoms. The quantitative estimate of drug-likeness (QED) is 0.0239. The van der Waals surface area contributed by atoms with E-state index >= 15 is 0 Å². The van der Waals surface area contributed by atoms with Crippen molar-refractivity contribution >= 4 is 118 Å². The molecule has 7 rings (SSSR count). The molecule has 0 spiro atoms. The Kier molecular flexibility index (Phi) is 23.5. The molecule has 0 atom stereocenters. The first kappa shape index (κ1) is 62.0. The van der Waals surface area contributed by atoms with Gasteiger partial charge >= 0.3 is 59.4 Å². The van der Waals surface area contributed by atoms with Crippen LogP contribution < -0.4 is 58.3 Å². The van der Waals surface area contributed by atoms with Gasteiger partial charge in [-0.2, -0.15) is 9.16 Å². The molecule has 0 aliphatic carbocycles. The Labute approximate surface area is 486 Å². The number of thiophene rings is 5. The van der Waals surface area contributed by atoms with E-state index in [1.54, 1.807) is 57.5 Å². The third kappa shape index (κ3) is 15.1. The number of thiol groups is 1. The number of ether oxygens (including phenoxy) is 10. The molecule has 0 radical (unpaired) electrons. The molecular formula is C52H55NaO18S6. The van der Waals surface area contributed by atoms with Crippen molar-refractivity contribution in [2.45, 2.75) is 54.2 Å². The van der Waals surface area contributed by atoms with Crippen LogP contribution >= 0.6 is 65.8 Å². The van der Waals surface area contributed by atoms with Crippen LogP contribution in [0.5, 0.6) is 34.5 Å². The van der Waals surface area contributed by atoms with Crippen LogP contribution in [-0.4, -0.2) is 107 Å². The molecule has 6 aromatic rings. The van der Waals surface area contributed by atoms with E-state index in [-0.39, 0.29) is 101 Å². The van der Waals surface area contributed by atoms with E-state index in [2.05, 4.69) is 5.41 Å². The summed E-state index contributed by atoms with van der Waals surface area (Å²) in [5.74, 6) is -1.93. The van der Waals surface area contributed by atoms with Gasteiger partial charge in [0.25, 0.3) is 5.97 Å². The average Bonchev–Trinajstić information content (AvgIpc) is 4.26. The van der Waals surface area contributed by atoms with Crippen LogP contribution in [0.1, 0.15) is 56.9 Å².